The van der Waals surface area contributed by atoms with Crippen LogP contribution in [-0.4, -0.2) is 45.0 Å². The van der Waals surface area contributed by atoms with E-state index in [1.54, 1.807) is 10.9 Å². The SMILES string of the molecule is Cc1c(C(=O)NC2CNCCC2C)nnn1-c1cccc2cnccc12.Cl.Cl. The molecule has 0 aliphatic carbocycles. The van der Waals surface area contributed by atoms with E-state index in [-0.39, 0.29) is 36.8 Å². The molecule has 1 aromatic carbocycles. The third kappa shape index (κ3) is 4.11. The number of aromatic nitrogens is 4. The molecule has 0 radical (unpaired) electrons. The molecule has 1 saturated heterocycles. The van der Waals surface area contributed by atoms with Gasteiger partial charge in [-0.3, -0.25) is 9.78 Å². The molecule has 3 aromatic rings. The summed E-state index contributed by atoms with van der Waals surface area (Å²) in [6.07, 6.45) is 4.63. The summed E-state index contributed by atoms with van der Waals surface area (Å²) in [4.78, 5) is 16.9. The monoisotopic (exact) mass is 422 g/mol. The standard InChI is InChI=1S/C19H22N6O.2ClH/c1-12-6-8-21-11-16(12)22-19(26)18-13(2)25(24-23-18)17-5-3-4-14-10-20-9-7-15(14)17;;/h3-5,7,9-10,12,16,21H,6,8,11H2,1-2H3,(H,22,26);2*1H. The molecule has 28 heavy (non-hydrogen) atoms. The van der Waals surface area contributed by atoms with Gasteiger partial charge in [-0.05, 0) is 37.9 Å². The van der Waals surface area contributed by atoms with E-state index in [2.05, 4.69) is 32.9 Å². The summed E-state index contributed by atoms with van der Waals surface area (Å²) in [5.41, 5.74) is 1.98. The van der Waals surface area contributed by atoms with Crippen molar-refractivity contribution in [3.8, 4) is 5.69 Å². The Morgan fingerprint density at radius 3 is 2.89 bits per heavy atom. The van der Waals surface area contributed by atoms with E-state index < -0.39 is 0 Å². The van der Waals surface area contributed by atoms with Gasteiger partial charge in [-0.1, -0.05) is 24.3 Å². The normalized spacial score (nSPS) is 18.8. The number of hydrogen-bond donors (Lipinski definition) is 2. The van der Waals surface area contributed by atoms with Crippen LogP contribution in [0, 0.1) is 12.8 Å². The third-order valence-electron chi connectivity index (χ3n) is 5.14. The smallest absolute Gasteiger partial charge is 0.274 e. The van der Waals surface area contributed by atoms with Gasteiger partial charge < -0.3 is 10.6 Å². The van der Waals surface area contributed by atoms with Gasteiger partial charge in [0.15, 0.2) is 5.69 Å². The van der Waals surface area contributed by atoms with Crippen LogP contribution in [0.4, 0.5) is 0 Å². The molecule has 1 aliphatic heterocycles. The fourth-order valence-electron chi connectivity index (χ4n) is 3.48. The molecule has 2 atom stereocenters. The number of piperidine rings is 1. The van der Waals surface area contributed by atoms with Crippen molar-refractivity contribution in [1.29, 1.82) is 0 Å². The Balaban J connectivity index is 0.00000140. The lowest BCUT2D eigenvalue weighted by atomic mass is 9.95. The first-order valence-corrected chi connectivity index (χ1v) is 8.92. The largest absolute Gasteiger partial charge is 0.346 e. The highest BCUT2D eigenvalue weighted by molar-refractivity contribution is 5.94. The highest BCUT2D eigenvalue weighted by Crippen LogP contribution is 2.22. The van der Waals surface area contributed by atoms with Gasteiger partial charge in [0.05, 0.1) is 11.4 Å². The highest BCUT2D eigenvalue weighted by atomic mass is 35.5. The topological polar surface area (TPSA) is 84.7 Å². The molecule has 7 nitrogen and oxygen atoms in total. The minimum Gasteiger partial charge on any atom is -0.346 e. The van der Waals surface area contributed by atoms with Crippen LogP contribution in [0.5, 0.6) is 0 Å². The van der Waals surface area contributed by atoms with Crippen molar-refractivity contribution in [3.63, 3.8) is 0 Å². The zero-order chi connectivity index (χ0) is 18.1. The molecule has 150 valence electrons. The number of pyridine rings is 1. The number of fused-ring (bicyclic) bond motifs is 1. The van der Waals surface area contributed by atoms with Crippen LogP contribution in [0.1, 0.15) is 29.5 Å². The fraction of sp³-hybridized carbons (Fsp3) is 0.368. The molecule has 2 unspecified atom stereocenters. The number of rotatable bonds is 3. The number of nitrogens with zero attached hydrogens (tertiary/aromatic N) is 4. The number of halogens is 2. The quantitative estimate of drug-likeness (QED) is 0.677. The summed E-state index contributed by atoms with van der Waals surface area (Å²) in [5, 5.41) is 16.9. The number of amides is 1. The van der Waals surface area contributed by atoms with Crippen LogP contribution in [0.2, 0.25) is 0 Å². The lowest BCUT2D eigenvalue weighted by Gasteiger charge is -2.29. The molecule has 0 spiro atoms. The van der Waals surface area contributed by atoms with E-state index in [9.17, 15) is 4.79 Å². The fourth-order valence-corrected chi connectivity index (χ4v) is 3.48. The van der Waals surface area contributed by atoms with Crippen molar-refractivity contribution in [2.24, 2.45) is 5.92 Å². The molecule has 1 amide bonds. The van der Waals surface area contributed by atoms with Gasteiger partial charge in [0, 0.05) is 35.8 Å². The summed E-state index contributed by atoms with van der Waals surface area (Å²) in [7, 11) is 0. The lowest BCUT2D eigenvalue weighted by molar-refractivity contribution is 0.0909. The molecule has 3 heterocycles. The molecule has 9 heteroatoms. The van der Waals surface area contributed by atoms with Gasteiger partial charge in [0.2, 0.25) is 0 Å². The average Bonchev–Trinajstić information content (AvgIpc) is 3.04. The third-order valence-corrected chi connectivity index (χ3v) is 5.14. The Morgan fingerprint density at radius 1 is 1.29 bits per heavy atom. The molecule has 0 saturated carbocycles. The Kier molecular flexibility index (Phi) is 7.35. The van der Waals surface area contributed by atoms with Crippen LogP contribution < -0.4 is 10.6 Å². The molecular formula is C19H24Cl2N6O. The van der Waals surface area contributed by atoms with E-state index in [1.165, 1.54) is 0 Å². The molecule has 0 bridgehead atoms. The van der Waals surface area contributed by atoms with Crippen molar-refractivity contribution in [2.75, 3.05) is 13.1 Å². The Hall–Kier alpha value is -2.22. The number of carbonyl (C=O) groups is 1. The van der Waals surface area contributed by atoms with Crippen molar-refractivity contribution in [2.45, 2.75) is 26.3 Å². The first-order valence-electron chi connectivity index (χ1n) is 8.92. The van der Waals surface area contributed by atoms with Crippen LogP contribution in [-0.2, 0) is 0 Å². The second-order valence-corrected chi connectivity index (χ2v) is 6.86. The second kappa shape index (κ2) is 9.32. The second-order valence-electron chi connectivity index (χ2n) is 6.86. The zero-order valence-electron chi connectivity index (χ0n) is 15.8. The molecule has 1 aliphatic rings. The summed E-state index contributed by atoms with van der Waals surface area (Å²) >= 11 is 0. The number of nitrogens with one attached hydrogen (secondary N) is 2. The van der Waals surface area contributed by atoms with Crippen molar-refractivity contribution in [3.05, 3.63) is 48.0 Å². The van der Waals surface area contributed by atoms with Crippen LogP contribution in [0.25, 0.3) is 16.5 Å². The van der Waals surface area contributed by atoms with Crippen molar-refractivity contribution >= 4 is 41.5 Å². The molecule has 4 rings (SSSR count). The van der Waals surface area contributed by atoms with E-state index in [0.29, 0.717) is 11.6 Å². The maximum absolute atomic E-state index is 12.7. The molecule has 1 fully saturated rings. The highest BCUT2D eigenvalue weighted by Gasteiger charge is 2.25. The summed E-state index contributed by atoms with van der Waals surface area (Å²) in [6, 6.07) is 7.99. The lowest BCUT2D eigenvalue weighted by Crippen LogP contribution is -2.50. The Bertz CT molecular complexity index is 955. The Morgan fingerprint density at radius 2 is 2.11 bits per heavy atom. The zero-order valence-corrected chi connectivity index (χ0v) is 17.4. The van der Waals surface area contributed by atoms with Crippen molar-refractivity contribution in [1.82, 2.24) is 30.6 Å². The first kappa shape index (κ1) is 22.1. The Labute approximate surface area is 176 Å². The van der Waals surface area contributed by atoms with Gasteiger partial charge in [0.1, 0.15) is 0 Å². The summed E-state index contributed by atoms with van der Waals surface area (Å²) in [6.45, 7) is 5.83. The summed E-state index contributed by atoms with van der Waals surface area (Å²) < 4.78 is 1.72. The maximum Gasteiger partial charge on any atom is 0.274 e. The average molecular weight is 423 g/mol. The van der Waals surface area contributed by atoms with Crippen LogP contribution in [0.3, 0.4) is 0 Å². The molecular weight excluding hydrogens is 399 g/mol. The van der Waals surface area contributed by atoms with Crippen LogP contribution >= 0.6 is 24.8 Å². The number of hydrogen-bond acceptors (Lipinski definition) is 5. The van der Waals surface area contributed by atoms with E-state index in [4.69, 9.17) is 0 Å². The van der Waals surface area contributed by atoms with Gasteiger partial charge >= 0.3 is 0 Å². The molecule has 2 aromatic heterocycles. The van der Waals surface area contributed by atoms with E-state index >= 15 is 0 Å². The van der Waals surface area contributed by atoms with Crippen molar-refractivity contribution < 1.29 is 4.79 Å². The van der Waals surface area contributed by atoms with E-state index in [0.717, 1.165) is 41.7 Å². The van der Waals surface area contributed by atoms with Crippen LogP contribution in [0.15, 0.2) is 36.7 Å². The van der Waals surface area contributed by atoms with Gasteiger partial charge in [-0.15, -0.1) is 29.9 Å². The number of carbonyl (C=O) groups excluding carboxylic acids is 1. The predicted octanol–water partition coefficient (Wildman–Crippen LogP) is 2.70. The minimum atomic E-state index is -0.170. The molecule has 2 N–H and O–H groups in total. The van der Waals surface area contributed by atoms with Gasteiger partial charge in [-0.2, -0.15) is 0 Å². The van der Waals surface area contributed by atoms with Gasteiger partial charge in [-0.25, -0.2) is 4.68 Å². The predicted molar refractivity (Wildman–Crippen MR) is 114 cm³/mol. The van der Waals surface area contributed by atoms with E-state index in [1.807, 2.05) is 37.4 Å². The number of benzene rings is 1. The summed E-state index contributed by atoms with van der Waals surface area (Å²) in [5.74, 6) is 0.275. The minimum absolute atomic E-state index is 0. The maximum atomic E-state index is 12.7. The first-order chi connectivity index (χ1) is 12.6. The van der Waals surface area contributed by atoms with Gasteiger partial charge in [0.25, 0.3) is 5.91 Å².